The van der Waals surface area contributed by atoms with Gasteiger partial charge in [-0.1, -0.05) is 522 Å². The molecule has 18 aromatic carbocycles. The predicted molar refractivity (Wildman–Crippen MR) is 507 cm³/mol. The molecule has 0 atom stereocenters. The molecule has 0 aliphatic rings. The Morgan fingerprint density at radius 1 is 0.123 bits per heavy atom. The summed E-state index contributed by atoms with van der Waals surface area (Å²) in [7, 11) is 0. The van der Waals surface area contributed by atoms with E-state index < -0.39 is 21.7 Å². The van der Waals surface area contributed by atoms with Gasteiger partial charge < -0.3 is 9.13 Å². The molecule has 0 fully saturated rings. The highest BCUT2D eigenvalue weighted by molar-refractivity contribution is 5.95. The first-order valence-corrected chi connectivity index (χ1v) is 42.2. The normalized spacial score (nSPS) is 11.6. The van der Waals surface area contributed by atoms with Crippen LogP contribution in [0.1, 0.15) is 89.3 Å². The third-order valence-electron chi connectivity index (χ3n) is 24.5. The third kappa shape index (κ3) is 13.5. The topological polar surface area (TPSA) is 9.86 Å². The van der Waals surface area contributed by atoms with Crippen LogP contribution in [0.25, 0.3) is 56.1 Å². The number of hydrogen-bond donors (Lipinski definition) is 0. The minimum atomic E-state index is -0.850. The Kier molecular flexibility index (Phi) is 21.7. The van der Waals surface area contributed by atoms with Crippen LogP contribution in [-0.4, -0.2) is 9.13 Å². The molecular formula is C120H90N2. The molecule has 0 bridgehead atoms. The number of benzene rings is 18. The van der Waals surface area contributed by atoms with Crippen molar-refractivity contribution in [2.24, 2.45) is 0 Å². The zero-order valence-corrected chi connectivity index (χ0v) is 67.9. The van der Waals surface area contributed by atoms with E-state index in [4.69, 9.17) is 0 Å². The van der Waals surface area contributed by atoms with Crippen LogP contribution in [0.4, 0.5) is 0 Å². The van der Waals surface area contributed by atoms with Gasteiger partial charge in [-0.15, -0.1) is 0 Å². The average Bonchev–Trinajstić information content (AvgIpc) is 1.46. The van der Waals surface area contributed by atoms with E-state index in [1.807, 2.05) is 0 Å². The minimum absolute atomic E-state index is 0.831. The van der Waals surface area contributed by atoms with Gasteiger partial charge in [-0.25, -0.2) is 0 Å². The number of nitrogens with zero attached hydrogens (tertiary/aromatic N) is 2. The number of aromatic nitrogens is 2. The first-order chi connectivity index (χ1) is 60.6. The summed E-state index contributed by atoms with van der Waals surface area (Å²) < 4.78 is 5.23. The Morgan fingerprint density at radius 3 is 0.443 bits per heavy atom. The molecule has 0 amide bonds. The first-order valence-electron chi connectivity index (χ1n) is 42.2. The summed E-state index contributed by atoms with van der Waals surface area (Å²) in [6.45, 7) is 0. The molecule has 2 nitrogen and oxygen atoms in total. The highest BCUT2D eigenvalue weighted by Crippen LogP contribution is 2.63. The van der Waals surface area contributed by atoms with Gasteiger partial charge >= 0.3 is 0 Å². The van der Waals surface area contributed by atoms with E-state index in [1.54, 1.807) is 0 Å². The molecule has 0 aliphatic carbocycles. The second kappa shape index (κ2) is 34.6. The Balaban J connectivity index is 0.000000161. The van der Waals surface area contributed by atoms with E-state index in [9.17, 15) is 0 Å². The number of rotatable bonds is 22. The molecule has 0 saturated carbocycles. The van der Waals surface area contributed by atoms with Crippen LogP contribution < -0.4 is 0 Å². The summed E-state index contributed by atoms with van der Waals surface area (Å²) in [6, 6.07) is 200. The highest BCUT2D eigenvalue weighted by atomic mass is 15.0. The molecule has 0 spiro atoms. The van der Waals surface area contributed by atoms with E-state index in [0.717, 1.165) is 56.4 Å². The molecule has 0 aliphatic heterocycles. The van der Waals surface area contributed by atoms with Crippen LogP contribution in [0, 0.1) is 0 Å². The molecule has 0 unspecified atom stereocenters. The van der Waals surface area contributed by atoms with E-state index in [1.165, 1.54) is 89.0 Å². The molecule has 122 heavy (non-hydrogen) atoms. The molecule has 2 aromatic heterocycles. The van der Waals surface area contributed by atoms with Gasteiger partial charge in [0.2, 0.25) is 0 Å². The summed E-state index contributed by atoms with van der Waals surface area (Å²) in [5.74, 6) is 0. The zero-order chi connectivity index (χ0) is 81.8. The van der Waals surface area contributed by atoms with Crippen LogP contribution in [-0.2, 0) is 21.7 Å². The summed E-state index contributed by atoms with van der Waals surface area (Å²) >= 11 is 0. The zero-order valence-electron chi connectivity index (χ0n) is 67.9. The Morgan fingerprint density at radius 2 is 0.262 bits per heavy atom. The molecule has 2 heteroatoms. The van der Waals surface area contributed by atoms with Crippen molar-refractivity contribution in [3.8, 4) is 56.1 Å². The van der Waals surface area contributed by atoms with Gasteiger partial charge in [-0.3, -0.25) is 0 Å². The second-order valence-corrected chi connectivity index (χ2v) is 31.1. The van der Waals surface area contributed by atoms with Crippen LogP contribution in [0.2, 0.25) is 0 Å². The summed E-state index contributed by atoms with van der Waals surface area (Å²) in [6.07, 6.45) is 0. The Bertz CT molecular complexity index is 5890. The SMILES string of the molecule is c1ccc(-c2c(-c3ccccc3)c(C(c3ccccc3)(c3ccccc3)c3ccccc3)n(-c3ccccc3)c2C(c2ccccc2)(c2ccccc2)c2ccccc2)cc1.c1ccc(-c2c(C(c3ccccc3)(c3ccccc3)c3ccccc3)c(C(c3ccccc3)(c3ccccc3)c3ccccc3)c(-c3ccccc3)n2-c2ccccc2)cc1. The van der Waals surface area contributed by atoms with E-state index >= 15 is 0 Å². The van der Waals surface area contributed by atoms with Crippen molar-refractivity contribution in [3.63, 3.8) is 0 Å². The van der Waals surface area contributed by atoms with Gasteiger partial charge in [-0.2, -0.15) is 0 Å². The second-order valence-electron chi connectivity index (χ2n) is 31.1. The lowest BCUT2D eigenvalue weighted by atomic mass is 9.57. The molecule has 0 N–H and O–H groups in total. The molecule has 2 heterocycles. The number of hydrogen-bond acceptors (Lipinski definition) is 0. The quantitative estimate of drug-likeness (QED) is 0.0599. The van der Waals surface area contributed by atoms with Gasteiger partial charge in [0.1, 0.15) is 0 Å². The number of para-hydroxylation sites is 2. The van der Waals surface area contributed by atoms with Crippen molar-refractivity contribution in [3.05, 3.63) is 635 Å². The van der Waals surface area contributed by atoms with Crippen molar-refractivity contribution in [2.75, 3.05) is 0 Å². The van der Waals surface area contributed by atoms with Crippen molar-refractivity contribution >= 4 is 0 Å². The van der Waals surface area contributed by atoms with Crippen molar-refractivity contribution in [1.82, 2.24) is 9.13 Å². The van der Waals surface area contributed by atoms with Gasteiger partial charge in [0, 0.05) is 33.6 Å². The van der Waals surface area contributed by atoms with Crippen LogP contribution in [0.5, 0.6) is 0 Å². The van der Waals surface area contributed by atoms with E-state index in [2.05, 4.69) is 555 Å². The largest absolute Gasteiger partial charge is 0.313 e. The summed E-state index contributed by atoms with van der Waals surface area (Å²) in [5, 5.41) is 0. The van der Waals surface area contributed by atoms with Crippen molar-refractivity contribution in [2.45, 2.75) is 21.7 Å². The Labute approximate surface area is 717 Å². The van der Waals surface area contributed by atoms with Crippen LogP contribution >= 0.6 is 0 Å². The molecular weight excluding hydrogens is 1470 g/mol. The minimum Gasteiger partial charge on any atom is -0.313 e. The van der Waals surface area contributed by atoms with Gasteiger partial charge in [-0.05, 0) is 113 Å². The lowest BCUT2D eigenvalue weighted by molar-refractivity contribution is 0.643. The van der Waals surface area contributed by atoms with E-state index in [0.29, 0.717) is 0 Å². The summed E-state index contributed by atoms with van der Waals surface area (Å²) in [4.78, 5) is 0. The van der Waals surface area contributed by atoms with Crippen molar-refractivity contribution in [1.29, 1.82) is 0 Å². The molecule has 20 rings (SSSR count). The first kappa shape index (κ1) is 76.5. The van der Waals surface area contributed by atoms with Gasteiger partial charge in [0.25, 0.3) is 0 Å². The maximum atomic E-state index is 2.66. The average molecular weight is 1560 g/mol. The van der Waals surface area contributed by atoms with Crippen molar-refractivity contribution < 1.29 is 0 Å². The molecule has 0 saturated heterocycles. The maximum Gasteiger partial charge on any atom is 0.0864 e. The lowest BCUT2D eigenvalue weighted by Crippen LogP contribution is -2.38. The fraction of sp³-hybridized carbons (Fsp3) is 0.0333. The highest BCUT2D eigenvalue weighted by Gasteiger charge is 2.54. The van der Waals surface area contributed by atoms with Crippen LogP contribution in [0.3, 0.4) is 0 Å². The summed E-state index contributed by atoms with van der Waals surface area (Å²) in [5.41, 5.74) is 26.8. The molecule has 20 aromatic rings. The predicted octanol–water partition coefficient (Wildman–Crippen LogP) is 29.2. The fourth-order valence-corrected chi connectivity index (χ4v) is 19.7. The third-order valence-corrected chi connectivity index (χ3v) is 24.5. The monoisotopic (exact) mass is 1560 g/mol. The smallest absolute Gasteiger partial charge is 0.0864 e. The van der Waals surface area contributed by atoms with Crippen LogP contribution in [0.15, 0.2) is 546 Å². The van der Waals surface area contributed by atoms with Gasteiger partial charge in [0.05, 0.1) is 44.4 Å². The Hall–Kier alpha value is -15.5. The van der Waals surface area contributed by atoms with E-state index in [-0.39, 0.29) is 0 Å². The molecule has 580 valence electrons. The fourth-order valence-electron chi connectivity index (χ4n) is 19.7. The maximum absolute atomic E-state index is 2.66. The lowest BCUT2D eigenvalue weighted by Gasteiger charge is -2.43. The molecule has 0 radical (unpaired) electrons. The standard InChI is InChI=1S/2C60H45N/c1-10-28-46(29-11-1)57-55(59(48-32-14-3-15-33-48,49-34-16-4-17-35-49)50-36-18-5-19-37-50)56(58(47-30-12-2-13-31-47)61(57)54-44-26-9-27-45-54)60(51-38-20-6-21-39-51,52-40-22-7-23-41-52)53-42-24-8-25-43-53;1-10-28-46(29-11-1)55-56(47-30-12-2-13-31-47)58(60(51-38-20-6-21-39-51,52-40-22-7-23-41-52)53-42-24-8-25-43-53)61(54-44-26-9-27-45-54)57(55)59(48-32-14-3-15-33-48,49-34-16-4-17-35-49)50-36-18-5-19-37-50/h2*1-45H. The van der Waals surface area contributed by atoms with Gasteiger partial charge in [0.15, 0.2) is 0 Å².